The van der Waals surface area contributed by atoms with Crippen LogP contribution in [0.25, 0.3) is 0 Å². The van der Waals surface area contributed by atoms with E-state index in [0.29, 0.717) is 5.25 Å². The molecule has 3 nitrogen and oxygen atoms in total. The standard InChI is InChI=1S/C13H18N2OS2/c14-11-8-15-4-1-12(11)18-10-2-5-16-13(7-10)3-6-17-9-13/h1,4,8,10H,2-3,5-7,9,14H2. The van der Waals surface area contributed by atoms with Gasteiger partial charge in [0.2, 0.25) is 0 Å². The van der Waals surface area contributed by atoms with Crippen LogP contribution in [-0.4, -0.2) is 33.9 Å². The molecule has 0 aliphatic carbocycles. The first-order valence-corrected chi connectivity index (χ1v) is 8.39. The molecular formula is C13H18N2OS2. The Morgan fingerprint density at radius 1 is 1.56 bits per heavy atom. The Kier molecular flexibility index (Phi) is 3.73. The quantitative estimate of drug-likeness (QED) is 0.904. The summed E-state index contributed by atoms with van der Waals surface area (Å²) in [6, 6.07) is 2.02. The van der Waals surface area contributed by atoms with Gasteiger partial charge in [0.1, 0.15) is 0 Å². The van der Waals surface area contributed by atoms with Crippen molar-refractivity contribution < 1.29 is 4.74 Å². The van der Waals surface area contributed by atoms with E-state index in [9.17, 15) is 0 Å². The minimum atomic E-state index is 0.155. The second-order valence-electron chi connectivity index (χ2n) is 4.98. The highest BCUT2D eigenvalue weighted by atomic mass is 32.2. The topological polar surface area (TPSA) is 48.1 Å². The molecule has 0 saturated carbocycles. The highest BCUT2D eigenvalue weighted by Crippen LogP contribution is 2.43. The molecule has 2 saturated heterocycles. The average molecular weight is 282 g/mol. The van der Waals surface area contributed by atoms with E-state index >= 15 is 0 Å². The van der Waals surface area contributed by atoms with Crippen LogP contribution in [0.1, 0.15) is 19.3 Å². The summed E-state index contributed by atoms with van der Waals surface area (Å²) in [5.41, 5.74) is 6.91. The van der Waals surface area contributed by atoms with Crippen molar-refractivity contribution in [3.05, 3.63) is 18.5 Å². The highest BCUT2D eigenvalue weighted by molar-refractivity contribution is 8.00. The number of nitrogen functional groups attached to an aromatic ring is 1. The number of nitrogens with two attached hydrogens (primary N) is 1. The van der Waals surface area contributed by atoms with Gasteiger partial charge in [0.15, 0.2) is 0 Å². The first-order chi connectivity index (χ1) is 8.77. The third-order valence-electron chi connectivity index (χ3n) is 3.62. The van der Waals surface area contributed by atoms with Crippen molar-refractivity contribution in [3.8, 4) is 0 Å². The summed E-state index contributed by atoms with van der Waals surface area (Å²) in [6.07, 6.45) is 7.05. The number of hydrogen-bond donors (Lipinski definition) is 1. The average Bonchev–Trinajstić information content (AvgIpc) is 2.80. The molecule has 0 amide bonds. The summed E-state index contributed by atoms with van der Waals surface area (Å²) in [6.45, 7) is 0.892. The van der Waals surface area contributed by atoms with Crippen LogP contribution in [0.3, 0.4) is 0 Å². The van der Waals surface area contributed by atoms with Gasteiger partial charge in [0.05, 0.1) is 17.5 Å². The summed E-state index contributed by atoms with van der Waals surface area (Å²) < 4.78 is 6.05. The van der Waals surface area contributed by atoms with Gasteiger partial charge in [-0.05, 0) is 31.1 Å². The Hall–Kier alpha value is -0.390. The summed E-state index contributed by atoms with van der Waals surface area (Å²) in [5.74, 6) is 2.41. The van der Waals surface area contributed by atoms with Gasteiger partial charge < -0.3 is 10.5 Å². The van der Waals surface area contributed by atoms with Crippen molar-refractivity contribution in [2.45, 2.75) is 35.0 Å². The molecule has 0 bridgehead atoms. The van der Waals surface area contributed by atoms with Gasteiger partial charge in [-0.15, -0.1) is 11.8 Å². The molecule has 1 spiro atoms. The van der Waals surface area contributed by atoms with Crippen LogP contribution in [0.2, 0.25) is 0 Å². The predicted octanol–water partition coefficient (Wildman–Crippen LogP) is 2.81. The third kappa shape index (κ3) is 2.63. The molecule has 2 fully saturated rings. The maximum absolute atomic E-state index is 6.05. The Morgan fingerprint density at radius 2 is 2.50 bits per heavy atom. The van der Waals surface area contributed by atoms with E-state index in [1.807, 2.05) is 35.8 Å². The molecule has 2 unspecified atom stereocenters. The van der Waals surface area contributed by atoms with Gasteiger partial charge in [0, 0.05) is 28.7 Å². The molecule has 2 atom stereocenters. The second-order valence-corrected chi connectivity index (χ2v) is 7.43. The van der Waals surface area contributed by atoms with Crippen LogP contribution in [0.5, 0.6) is 0 Å². The van der Waals surface area contributed by atoms with Crippen LogP contribution >= 0.6 is 23.5 Å². The Bertz CT molecular complexity index is 421. The SMILES string of the molecule is Nc1cnccc1SC1CCOC2(CCSC2)C1. The molecule has 2 N–H and O–H groups in total. The molecule has 98 valence electrons. The largest absolute Gasteiger partial charge is 0.397 e. The number of anilines is 1. The van der Waals surface area contributed by atoms with E-state index in [2.05, 4.69) is 4.98 Å². The summed E-state index contributed by atoms with van der Waals surface area (Å²) in [7, 11) is 0. The minimum Gasteiger partial charge on any atom is -0.397 e. The van der Waals surface area contributed by atoms with Crippen molar-refractivity contribution in [1.82, 2.24) is 4.98 Å². The number of rotatable bonds is 2. The van der Waals surface area contributed by atoms with Gasteiger partial charge in [-0.3, -0.25) is 4.98 Å². The summed E-state index contributed by atoms with van der Waals surface area (Å²) in [4.78, 5) is 5.21. The van der Waals surface area contributed by atoms with Crippen molar-refractivity contribution in [2.75, 3.05) is 23.8 Å². The fraction of sp³-hybridized carbons (Fsp3) is 0.615. The molecular weight excluding hydrogens is 264 g/mol. The van der Waals surface area contributed by atoms with Crippen LogP contribution in [0, 0.1) is 0 Å². The monoisotopic (exact) mass is 282 g/mol. The molecule has 1 aromatic rings. The second kappa shape index (κ2) is 5.31. The van der Waals surface area contributed by atoms with Crippen molar-refractivity contribution in [3.63, 3.8) is 0 Å². The lowest BCUT2D eigenvalue weighted by Gasteiger charge is -2.37. The lowest BCUT2D eigenvalue weighted by Crippen LogP contribution is -2.40. The summed E-state index contributed by atoms with van der Waals surface area (Å²) >= 11 is 3.92. The van der Waals surface area contributed by atoms with Crippen LogP contribution < -0.4 is 5.73 Å². The highest BCUT2D eigenvalue weighted by Gasteiger charge is 2.40. The van der Waals surface area contributed by atoms with Gasteiger partial charge in [-0.25, -0.2) is 0 Å². The van der Waals surface area contributed by atoms with Crippen LogP contribution in [0.15, 0.2) is 23.4 Å². The number of pyridine rings is 1. The first-order valence-electron chi connectivity index (χ1n) is 6.35. The van der Waals surface area contributed by atoms with E-state index in [0.717, 1.165) is 35.8 Å². The Balaban J connectivity index is 1.68. The van der Waals surface area contributed by atoms with Crippen LogP contribution in [0.4, 0.5) is 5.69 Å². The van der Waals surface area contributed by atoms with E-state index < -0.39 is 0 Å². The van der Waals surface area contributed by atoms with Crippen molar-refractivity contribution in [1.29, 1.82) is 0 Å². The number of nitrogens with zero attached hydrogens (tertiary/aromatic N) is 1. The molecule has 1 aromatic heterocycles. The Labute approximate surface area is 116 Å². The zero-order valence-electron chi connectivity index (χ0n) is 10.3. The summed E-state index contributed by atoms with van der Waals surface area (Å²) in [5, 5.41) is 0.627. The van der Waals surface area contributed by atoms with E-state index in [-0.39, 0.29) is 5.60 Å². The molecule has 2 aliphatic rings. The molecule has 0 radical (unpaired) electrons. The molecule has 3 heterocycles. The molecule has 5 heteroatoms. The Morgan fingerprint density at radius 3 is 3.28 bits per heavy atom. The van der Waals surface area contributed by atoms with E-state index in [4.69, 9.17) is 10.5 Å². The van der Waals surface area contributed by atoms with Crippen molar-refractivity contribution >= 4 is 29.2 Å². The maximum atomic E-state index is 6.05. The van der Waals surface area contributed by atoms with E-state index in [1.54, 1.807) is 6.20 Å². The molecule has 0 aromatic carbocycles. The van der Waals surface area contributed by atoms with Gasteiger partial charge in [-0.2, -0.15) is 11.8 Å². The van der Waals surface area contributed by atoms with Crippen molar-refractivity contribution in [2.24, 2.45) is 0 Å². The third-order valence-corrected chi connectivity index (χ3v) is 6.20. The lowest BCUT2D eigenvalue weighted by molar-refractivity contribution is -0.0562. The van der Waals surface area contributed by atoms with Gasteiger partial charge in [-0.1, -0.05) is 0 Å². The number of ether oxygens (including phenoxy) is 1. The zero-order chi connectivity index (χ0) is 12.4. The minimum absolute atomic E-state index is 0.155. The fourth-order valence-corrected chi connectivity index (χ4v) is 5.29. The van der Waals surface area contributed by atoms with Gasteiger partial charge >= 0.3 is 0 Å². The number of aromatic nitrogens is 1. The smallest absolute Gasteiger partial charge is 0.0791 e. The van der Waals surface area contributed by atoms with Crippen LogP contribution in [-0.2, 0) is 4.74 Å². The predicted molar refractivity (Wildman–Crippen MR) is 78.2 cm³/mol. The number of hydrogen-bond acceptors (Lipinski definition) is 5. The fourth-order valence-electron chi connectivity index (χ4n) is 2.63. The van der Waals surface area contributed by atoms with Gasteiger partial charge in [0.25, 0.3) is 0 Å². The van der Waals surface area contributed by atoms with E-state index in [1.165, 1.54) is 12.2 Å². The maximum Gasteiger partial charge on any atom is 0.0791 e. The lowest BCUT2D eigenvalue weighted by atomic mass is 9.93. The number of thioether (sulfide) groups is 2. The molecule has 3 rings (SSSR count). The molecule has 2 aliphatic heterocycles. The molecule has 18 heavy (non-hydrogen) atoms. The normalized spacial score (nSPS) is 31.9. The zero-order valence-corrected chi connectivity index (χ0v) is 11.9. The first kappa shape index (κ1) is 12.6.